The van der Waals surface area contributed by atoms with Crippen LogP contribution in [0.2, 0.25) is 0 Å². The molecule has 35 heavy (non-hydrogen) atoms. The number of allylic oxidation sites excluding steroid dienone is 2. The van der Waals surface area contributed by atoms with E-state index in [2.05, 4.69) is 9.88 Å². The molecule has 2 saturated heterocycles. The van der Waals surface area contributed by atoms with Crippen LogP contribution in [0.4, 0.5) is 0 Å². The van der Waals surface area contributed by atoms with E-state index in [-0.39, 0.29) is 35.5 Å². The highest BCUT2D eigenvalue weighted by Gasteiger charge is 2.51. The summed E-state index contributed by atoms with van der Waals surface area (Å²) in [5, 5.41) is 2.92. The van der Waals surface area contributed by atoms with E-state index in [9.17, 15) is 14.4 Å². The Hall–Kier alpha value is -2.78. The third-order valence-electron chi connectivity index (χ3n) is 7.19. The number of imide groups is 1. The fourth-order valence-electron chi connectivity index (χ4n) is 5.36. The predicted octanol–water partition coefficient (Wildman–Crippen LogP) is 3.41. The first-order valence-corrected chi connectivity index (χ1v) is 13.3. The summed E-state index contributed by atoms with van der Waals surface area (Å²) in [7, 11) is 0. The highest BCUT2D eigenvalue weighted by atomic mass is 32.1. The number of hydrogen-bond acceptors (Lipinski definition) is 7. The molecule has 186 valence electrons. The normalized spacial score (nSPS) is 23.9. The number of carbonyl (C=O) groups is 3. The third kappa shape index (κ3) is 4.84. The minimum absolute atomic E-state index is 0.0968. The number of rotatable bonds is 7. The van der Waals surface area contributed by atoms with Crippen LogP contribution in [0.15, 0.2) is 40.3 Å². The zero-order valence-corrected chi connectivity index (χ0v) is 21.1. The Kier molecular flexibility index (Phi) is 6.88. The molecule has 2 aromatic rings. The summed E-state index contributed by atoms with van der Waals surface area (Å²) >= 11 is 1.56. The van der Waals surface area contributed by atoms with Gasteiger partial charge in [-0.25, -0.2) is 4.98 Å². The number of furan rings is 1. The van der Waals surface area contributed by atoms with Crippen molar-refractivity contribution >= 4 is 29.1 Å². The van der Waals surface area contributed by atoms with Gasteiger partial charge in [-0.1, -0.05) is 26.0 Å². The van der Waals surface area contributed by atoms with Gasteiger partial charge in [0.25, 0.3) is 0 Å². The van der Waals surface area contributed by atoms with Gasteiger partial charge in [-0.3, -0.25) is 24.2 Å². The fourth-order valence-corrected chi connectivity index (χ4v) is 6.13. The van der Waals surface area contributed by atoms with Crippen LogP contribution in [0.1, 0.15) is 38.8 Å². The lowest BCUT2D eigenvalue weighted by molar-refractivity contribution is -0.153. The van der Waals surface area contributed by atoms with Crippen molar-refractivity contribution in [1.29, 1.82) is 0 Å². The van der Waals surface area contributed by atoms with E-state index in [0.29, 0.717) is 38.9 Å². The average molecular weight is 497 g/mol. The molecule has 5 rings (SSSR count). The number of likely N-dealkylation sites (tertiary alicyclic amines) is 1. The number of fused-ring (bicyclic) bond motifs is 1. The number of nitrogens with zero attached hydrogens (tertiary/aromatic N) is 4. The summed E-state index contributed by atoms with van der Waals surface area (Å²) < 4.78 is 5.44. The van der Waals surface area contributed by atoms with Gasteiger partial charge in [0, 0.05) is 38.1 Å². The van der Waals surface area contributed by atoms with Gasteiger partial charge in [0.05, 0.1) is 23.8 Å². The highest BCUT2D eigenvalue weighted by molar-refractivity contribution is 7.13. The molecule has 0 bridgehead atoms. The molecule has 3 amide bonds. The van der Waals surface area contributed by atoms with Crippen molar-refractivity contribution in [2.24, 2.45) is 17.8 Å². The van der Waals surface area contributed by atoms with Gasteiger partial charge in [0.1, 0.15) is 6.04 Å². The standard InChI is InChI=1S/C26H32N4O4S/c1-17(2)14-21(30-24(31)19-6-3-4-7-20(19)25(30)32)26(33)29-11-9-28(10-12-29)15-18-16-35-23(27-18)22-8-5-13-34-22/h3-5,8,13,16-17,19-21H,6-7,9-12,14-15H2,1-2H3. The van der Waals surface area contributed by atoms with Crippen LogP contribution in [-0.2, 0) is 20.9 Å². The zero-order chi connectivity index (χ0) is 24.5. The quantitative estimate of drug-likeness (QED) is 0.431. The van der Waals surface area contributed by atoms with Crippen molar-refractivity contribution < 1.29 is 18.8 Å². The molecular formula is C26H32N4O4S. The molecule has 0 saturated carbocycles. The second-order valence-corrected chi connectivity index (χ2v) is 10.9. The summed E-state index contributed by atoms with van der Waals surface area (Å²) in [4.78, 5) is 50.1. The molecule has 3 atom stereocenters. The second kappa shape index (κ2) is 10.1. The first-order chi connectivity index (χ1) is 16.9. The summed E-state index contributed by atoms with van der Waals surface area (Å²) in [6.07, 6.45) is 7.28. The number of thiazole rings is 1. The average Bonchev–Trinajstić information content (AvgIpc) is 3.59. The van der Waals surface area contributed by atoms with E-state index < -0.39 is 6.04 Å². The molecule has 0 spiro atoms. The highest BCUT2D eigenvalue weighted by Crippen LogP contribution is 2.37. The van der Waals surface area contributed by atoms with Crippen molar-refractivity contribution in [3.05, 3.63) is 41.6 Å². The Morgan fingerprint density at radius 1 is 1.11 bits per heavy atom. The van der Waals surface area contributed by atoms with E-state index in [1.54, 1.807) is 17.6 Å². The maximum atomic E-state index is 13.6. The van der Waals surface area contributed by atoms with E-state index in [1.165, 1.54) is 4.90 Å². The molecule has 0 N–H and O–H groups in total. The van der Waals surface area contributed by atoms with Crippen LogP contribution < -0.4 is 0 Å². The number of amides is 3. The van der Waals surface area contributed by atoms with Crippen molar-refractivity contribution in [2.75, 3.05) is 26.2 Å². The molecule has 4 heterocycles. The largest absolute Gasteiger partial charge is 0.462 e. The zero-order valence-electron chi connectivity index (χ0n) is 20.3. The molecule has 1 aliphatic carbocycles. The van der Waals surface area contributed by atoms with E-state index in [0.717, 1.165) is 29.6 Å². The molecule has 2 aliphatic heterocycles. The van der Waals surface area contributed by atoms with Gasteiger partial charge >= 0.3 is 0 Å². The Balaban J connectivity index is 1.22. The number of piperazine rings is 1. The topological polar surface area (TPSA) is 87.0 Å². The summed E-state index contributed by atoms with van der Waals surface area (Å²) in [6.45, 7) is 7.38. The van der Waals surface area contributed by atoms with Crippen LogP contribution in [0.3, 0.4) is 0 Å². The predicted molar refractivity (Wildman–Crippen MR) is 132 cm³/mol. The van der Waals surface area contributed by atoms with Crippen molar-refractivity contribution in [3.8, 4) is 10.8 Å². The fraction of sp³-hybridized carbons (Fsp3) is 0.538. The molecule has 2 aromatic heterocycles. The maximum absolute atomic E-state index is 13.6. The molecule has 8 nitrogen and oxygen atoms in total. The molecule has 0 radical (unpaired) electrons. The lowest BCUT2D eigenvalue weighted by atomic mass is 9.85. The number of carbonyl (C=O) groups excluding carboxylic acids is 3. The van der Waals surface area contributed by atoms with Crippen LogP contribution in [0.25, 0.3) is 10.8 Å². The van der Waals surface area contributed by atoms with Crippen LogP contribution in [0.5, 0.6) is 0 Å². The molecule has 0 aromatic carbocycles. The minimum atomic E-state index is -0.707. The number of hydrogen-bond donors (Lipinski definition) is 0. The molecule has 2 fully saturated rings. The van der Waals surface area contributed by atoms with Gasteiger partial charge in [-0.05, 0) is 37.3 Å². The van der Waals surface area contributed by atoms with Crippen molar-refractivity contribution in [1.82, 2.24) is 19.7 Å². The van der Waals surface area contributed by atoms with E-state index >= 15 is 0 Å². The van der Waals surface area contributed by atoms with Gasteiger partial charge in [0.15, 0.2) is 10.8 Å². The Morgan fingerprint density at radius 3 is 2.40 bits per heavy atom. The third-order valence-corrected chi connectivity index (χ3v) is 8.09. The van der Waals surface area contributed by atoms with Crippen LogP contribution in [0, 0.1) is 17.8 Å². The second-order valence-electron chi connectivity index (χ2n) is 10.1. The SMILES string of the molecule is CC(C)CC(C(=O)N1CCN(Cc2csc(-c3ccco3)n2)CC1)N1C(=O)C2CC=CCC2C1=O. The van der Waals surface area contributed by atoms with Gasteiger partial charge in [-0.2, -0.15) is 0 Å². The van der Waals surface area contributed by atoms with Crippen LogP contribution in [-0.4, -0.2) is 69.6 Å². The summed E-state index contributed by atoms with van der Waals surface area (Å²) in [5.74, 6) is -0.0859. The Labute approximate surface area is 209 Å². The lowest BCUT2D eigenvalue weighted by Crippen LogP contribution is -2.56. The molecular weight excluding hydrogens is 464 g/mol. The Morgan fingerprint density at radius 2 is 1.80 bits per heavy atom. The van der Waals surface area contributed by atoms with Gasteiger partial charge in [0.2, 0.25) is 17.7 Å². The molecule has 9 heteroatoms. The van der Waals surface area contributed by atoms with Crippen molar-refractivity contribution in [3.63, 3.8) is 0 Å². The smallest absolute Gasteiger partial charge is 0.245 e. The minimum Gasteiger partial charge on any atom is -0.462 e. The number of aromatic nitrogens is 1. The monoisotopic (exact) mass is 496 g/mol. The van der Waals surface area contributed by atoms with Gasteiger partial charge < -0.3 is 9.32 Å². The van der Waals surface area contributed by atoms with Gasteiger partial charge in [-0.15, -0.1) is 11.3 Å². The summed E-state index contributed by atoms with van der Waals surface area (Å²) in [5.41, 5.74) is 0.989. The van der Waals surface area contributed by atoms with E-state index in [1.807, 2.05) is 48.4 Å². The first kappa shape index (κ1) is 23.9. The first-order valence-electron chi connectivity index (χ1n) is 12.4. The van der Waals surface area contributed by atoms with Crippen molar-refractivity contribution in [2.45, 2.75) is 45.7 Å². The lowest BCUT2D eigenvalue weighted by Gasteiger charge is -2.38. The molecule has 3 aliphatic rings. The molecule has 3 unspecified atom stereocenters. The van der Waals surface area contributed by atoms with Crippen LogP contribution >= 0.6 is 11.3 Å². The maximum Gasteiger partial charge on any atom is 0.245 e. The summed E-state index contributed by atoms with van der Waals surface area (Å²) in [6, 6.07) is 3.05. The van der Waals surface area contributed by atoms with E-state index in [4.69, 9.17) is 4.42 Å². The Bertz CT molecular complexity index is 1070.